The lowest BCUT2D eigenvalue weighted by atomic mass is 10.0. The Kier molecular flexibility index (Phi) is 2.82. The Labute approximate surface area is 97.5 Å². The minimum absolute atomic E-state index is 0.760. The Morgan fingerprint density at radius 1 is 1.00 bits per heavy atom. The van der Waals surface area contributed by atoms with Crippen LogP contribution in [0.15, 0.2) is 34.9 Å². The summed E-state index contributed by atoms with van der Waals surface area (Å²) in [4.78, 5) is 0. The fraction of sp³-hybridized carbons (Fsp3) is 0.167. The Morgan fingerprint density at radius 3 is 2.40 bits per heavy atom. The first-order valence-electron chi connectivity index (χ1n) is 4.73. The zero-order valence-electron chi connectivity index (χ0n) is 8.66. The Balaban J connectivity index is 2.49. The third-order valence-electron chi connectivity index (χ3n) is 2.29. The summed E-state index contributed by atoms with van der Waals surface area (Å²) in [7, 11) is 0. The second kappa shape index (κ2) is 4.11. The van der Waals surface area contributed by atoms with Gasteiger partial charge in [-0.25, -0.2) is 0 Å². The summed E-state index contributed by atoms with van der Waals surface area (Å²) in [6.45, 7) is 4.18. The molecule has 0 saturated heterocycles. The van der Waals surface area contributed by atoms with Gasteiger partial charge < -0.3 is 0 Å². The average molecular weight is 263 g/mol. The van der Waals surface area contributed by atoms with Crippen molar-refractivity contribution in [1.29, 1.82) is 0 Å². The van der Waals surface area contributed by atoms with Crippen LogP contribution in [0.25, 0.3) is 11.3 Å². The highest BCUT2D eigenvalue weighted by Gasteiger charge is 2.03. The molecule has 1 heterocycles. The topological polar surface area (TPSA) is 25.8 Å². The van der Waals surface area contributed by atoms with Crippen LogP contribution in [0.5, 0.6) is 0 Å². The van der Waals surface area contributed by atoms with Gasteiger partial charge in [0.05, 0.1) is 5.69 Å². The smallest absolute Gasteiger partial charge is 0.128 e. The molecule has 0 aliphatic heterocycles. The predicted octanol–water partition coefficient (Wildman–Crippen LogP) is 3.52. The largest absolute Gasteiger partial charge is 0.149 e. The van der Waals surface area contributed by atoms with E-state index in [-0.39, 0.29) is 0 Å². The fourth-order valence-corrected chi connectivity index (χ4v) is 1.77. The quantitative estimate of drug-likeness (QED) is 0.786. The van der Waals surface area contributed by atoms with Gasteiger partial charge in [-0.1, -0.05) is 23.8 Å². The summed E-state index contributed by atoms with van der Waals surface area (Å²) >= 11 is 3.27. The second-order valence-electron chi connectivity index (χ2n) is 3.56. The van der Waals surface area contributed by atoms with E-state index in [1.807, 2.05) is 12.1 Å². The molecule has 76 valence electrons. The molecular weight excluding hydrogens is 252 g/mol. The van der Waals surface area contributed by atoms with Crippen LogP contribution in [-0.2, 0) is 0 Å². The summed E-state index contributed by atoms with van der Waals surface area (Å²) in [6, 6.07) is 10.2. The van der Waals surface area contributed by atoms with Gasteiger partial charge in [0, 0.05) is 5.56 Å². The van der Waals surface area contributed by atoms with Gasteiger partial charge in [-0.2, -0.15) is 0 Å². The lowest BCUT2D eigenvalue weighted by molar-refractivity contribution is 1.01. The van der Waals surface area contributed by atoms with Crippen LogP contribution >= 0.6 is 15.9 Å². The zero-order valence-corrected chi connectivity index (χ0v) is 10.2. The van der Waals surface area contributed by atoms with Gasteiger partial charge >= 0.3 is 0 Å². The van der Waals surface area contributed by atoms with Gasteiger partial charge in [0.1, 0.15) is 4.60 Å². The van der Waals surface area contributed by atoms with Crippen LogP contribution in [0.4, 0.5) is 0 Å². The van der Waals surface area contributed by atoms with E-state index >= 15 is 0 Å². The summed E-state index contributed by atoms with van der Waals surface area (Å²) < 4.78 is 0.760. The van der Waals surface area contributed by atoms with Crippen LogP contribution in [0.3, 0.4) is 0 Å². The maximum absolute atomic E-state index is 4.14. The molecule has 1 aromatic carbocycles. The normalized spacial score (nSPS) is 10.3. The maximum Gasteiger partial charge on any atom is 0.128 e. The molecule has 0 unspecified atom stereocenters. The molecule has 0 radical (unpaired) electrons. The van der Waals surface area contributed by atoms with Gasteiger partial charge in [-0.3, -0.25) is 0 Å². The highest BCUT2D eigenvalue weighted by molar-refractivity contribution is 9.10. The number of rotatable bonds is 1. The molecule has 0 aliphatic carbocycles. The Morgan fingerprint density at radius 2 is 1.80 bits per heavy atom. The summed E-state index contributed by atoms with van der Waals surface area (Å²) in [6.07, 6.45) is 0. The molecule has 2 rings (SSSR count). The molecule has 0 spiro atoms. The number of aryl methyl sites for hydroxylation is 2. The van der Waals surface area contributed by atoms with E-state index in [9.17, 15) is 0 Å². The van der Waals surface area contributed by atoms with Crippen LogP contribution in [0.2, 0.25) is 0 Å². The lowest BCUT2D eigenvalue weighted by Gasteiger charge is -2.05. The second-order valence-corrected chi connectivity index (χ2v) is 4.37. The van der Waals surface area contributed by atoms with Gasteiger partial charge in [-0.05, 0) is 47.5 Å². The average Bonchev–Trinajstić information content (AvgIpc) is 2.20. The van der Waals surface area contributed by atoms with E-state index in [1.54, 1.807) is 0 Å². The van der Waals surface area contributed by atoms with E-state index in [2.05, 4.69) is 58.2 Å². The molecule has 0 atom stereocenters. The summed E-state index contributed by atoms with van der Waals surface area (Å²) in [5.41, 5.74) is 4.55. The number of hydrogen-bond donors (Lipinski definition) is 0. The van der Waals surface area contributed by atoms with Crippen molar-refractivity contribution in [2.75, 3.05) is 0 Å². The third kappa shape index (κ3) is 2.23. The Bertz CT molecular complexity index is 477. The predicted molar refractivity (Wildman–Crippen MR) is 64.6 cm³/mol. The van der Waals surface area contributed by atoms with Crippen molar-refractivity contribution in [2.45, 2.75) is 13.8 Å². The molecule has 1 aromatic heterocycles. The fourth-order valence-electron chi connectivity index (χ4n) is 1.56. The van der Waals surface area contributed by atoms with Gasteiger partial charge in [0.2, 0.25) is 0 Å². The number of aromatic nitrogens is 2. The SMILES string of the molecule is Cc1ccc(-c2ccc(Br)nn2)c(C)c1. The first-order chi connectivity index (χ1) is 7.16. The van der Waals surface area contributed by atoms with Crippen molar-refractivity contribution in [2.24, 2.45) is 0 Å². The molecule has 0 saturated carbocycles. The molecule has 15 heavy (non-hydrogen) atoms. The molecule has 0 fully saturated rings. The van der Waals surface area contributed by atoms with Crippen molar-refractivity contribution >= 4 is 15.9 Å². The van der Waals surface area contributed by atoms with E-state index in [0.717, 1.165) is 15.9 Å². The number of benzene rings is 1. The number of nitrogens with zero attached hydrogens (tertiary/aromatic N) is 2. The van der Waals surface area contributed by atoms with E-state index in [4.69, 9.17) is 0 Å². The Hall–Kier alpha value is -1.22. The maximum atomic E-state index is 4.14. The third-order valence-corrected chi connectivity index (χ3v) is 2.71. The number of hydrogen-bond acceptors (Lipinski definition) is 2. The van der Waals surface area contributed by atoms with Crippen molar-refractivity contribution in [3.8, 4) is 11.3 Å². The van der Waals surface area contributed by atoms with Gasteiger partial charge in [0.25, 0.3) is 0 Å². The van der Waals surface area contributed by atoms with Crippen molar-refractivity contribution in [1.82, 2.24) is 10.2 Å². The van der Waals surface area contributed by atoms with Gasteiger partial charge in [-0.15, -0.1) is 10.2 Å². The lowest BCUT2D eigenvalue weighted by Crippen LogP contribution is -1.90. The number of halogens is 1. The summed E-state index contributed by atoms with van der Waals surface area (Å²) in [5.74, 6) is 0. The van der Waals surface area contributed by atoms with E-state index in [0.29, 0.717) is 0 Å². The molecular formula is C12H11BrN2. The van der Waals surface area contributed by atoms with Crippen LogP contribution in [0, 0.1) is 13.8 Å². The van der Waals surface area contributed by atoms with Crippen LogP contribution < -0.4 is 0 Å². The monoisotopic (exact) mass is 262 g/mol. The molecule has 2 aromatic rings. The molecule has 0 bridgehead atoms. The molecule has 3 heteroatoms. The van der Waals surface area contributed by atoms with Crippen molar-refractivity contribution < 1.29 is 0 Å². The first kappa shape index (κ1) is 10.3. The standard InChI is InChI=1S/C12H11BrN2/c1-8-3-4-10(9(2)7-8)11-5-6-12(13)15-14-11/h3-7H,1-2H3. The minimum atomic E-state index is 0.760. The van der Waals surface area contributed by atoms with E-state index in [1.165, 1.54) is 11.1 Å². The van der Waals surface area contributed by atoms with Crippen LogP contribution in [-0.4, -0.2) is 10.2 Å². The highest BCUT2D eigenvalue weighted by atomic mass is 79.9. The van der Waals surface area contributed by atoms with Crippen molar-refractivity contribution in [3.05, 3.63) is 46.1 Å². The molecule has 0 amide bonds. The van der Waals surface area contributed by atoms with Gasteiger partial charge in [0.15, 0.2) is 0 Å². The van der Waals surface area contributed by atoms with E-state index < -0.39 is 0 Å². The summed E-state index contributed by atoms with van der Waals surface area (Å²) in [5, 5.41) is 8.13. The molecule has 0 aliphatic rings. The van der Waals surface area contributed by atoms with Crippen molar-refractivity contribution in [3.63, 3.8) is 0 Å². The molecule has 0 N–H and O–H groups in total. The minimum Gasteiger partial charge on any atom is -0.149 e. The first-order valence-corrected chi connectivity index (χ1v) is 5.53. The molecule has 2 nitrogen and oxygen atoms in total. The highest BCUT2D eigenvalue weighted by Crippen LogP contribution is 2.22. The zero-order chi connectivity index (χ0) is 10.8. The van der Waals surface area contributed by atoms with Crippen LogP contribution in [0.1, 0.15) is 11.1 Å².